The van der Waals surface area contributed by atoms with Crippen molar-refractivity contribution in [3.63, 3.8) is 0 Å². The van der Waals surface area contributed by atoms with Crippen LogP contribution in [0.25, 0.3) is 0 Å². The summed E-state index contributed by atoms with van der Waals surface area (Å²) in [4.78, 5) is 11.5. The predicted octanol–water partition coefficient (Wildman–Crippen LogP) is 0.699. The Morgan fingerprint density at radius 1 is 1.54 bits per heavy atom. The van der Waals surface area contributed by atoms with Gasteiger partial charge in [-0.1, -0.05) is 12.2 Å². The highest BCUT2D eigenvalue weighted by Crippen LogP contribution is 2.43. The van der Waals surface area contributed by atoms with Crippen molar-refractivity contribution in [1.82, 2.24) is 0 Å². The van der Waals surface area contributed by atoms with Crippen LogP contribution < -0.4 is 5.73 Å². The van der Waals surface area contributed by atoms with E-state index in [1.807, 2.05) is 6.92 Å². The van der Waals surface area contributed by atoms with Crippen LogP contribution >= 0.6 is 0 Å². The highest BCUT2D eigenvalue weighted by Gasteiger charge is 2.46. The van der Waals surface area contributed by atoms with Gasteiger partial charge < -0.3 is 10.5 Å². The minimum absolute atomic E-state index is 0.0194. The summed E-state index contributed by atoms with van der Waals surface area (Å²) in [6.07, 6.45) is 5.27. The number of hydrogen-bond acceptors (Lipinski definition) is 3. The van der Waals surface area contributed by atoms with Crippen molar-refractivity contribution in [1.29, 1.82) is 0 Å². The first-order valence-electron chi connectivity index (χ1n) is 4.84. The van der Waals surface area contributed by atoms with E-state index in [2.05, 4.69) is 12.2 Å². The summed E-state index contributed by atoms with van der Waals surface area (Å²) in [6.45, 7) is 2.27. The van der Waals surface area contributed by atoms with Gasteiger partial charge in [0.1, 0.15) is 0 Å². The quantitative estimate of drug-likeness (QED) is 0.504. The molecule has 0 unspecified atom stereocenters. The molecule has 2 bridgehead atoms. The van der Waals surface area contributed by atoms with E-state index in [-0.39, 0.29) is 17.9 Å². The third-order valence-electron chi connectivity index (χ3n) is 3.08. The fourth-order valence-electron chi connectivity index (χ4n) is 2.43. The van der Waals surface area contributed by atoms with E-state index in [0.717, 1.165) is 6.42 Å². The van der Waals surface area contributed by atoms with E-state index < -0.39 is 0 Å². The summed E-state index contributed by atoms with van der Waals surface area (Å²) >= 11 is 0. The van der Waals surface area contributed by atoms with Crippen LogP contribution in [0.2, 0.25) is 0 Å². The minimum Gasteiger partial charge on any atom is -0.466 e. The molecule has 72 valence electrons. The van der Waals surface area contributed by atoms with Gasteiger partial charge in [-0.05, 0) is 25.2 Å². The number of rotatable bonds is 2. The van der Waals surface area contributed by atoms with Crippen LogP contribution in [0.4, 0.5) is 0 Å². The molecule has 2 N–H and O–H groups in total. The number of carbonyl (C=O) groups excluding carboxylic acids is 1. The second kappa shape index (κ2) is 3.14. The maximum absolute atomic E-state index is 11.5. The zero-order chi connectivity index (χ0) is 9.42. The van der Waals surface area contributed by atoms with Crippen molar-refractivity contribution in [2.75, 3.05) is 6.61 Å². The van der Waals surface area contributed by atoms with Gasteiger partial charge >= 0.3 is 5.97 Å². The number of hydrogen-bond donors (Lipinski definition) is 1. The molecule has 0 aromatic rings. The van der Waals surface area contributed by atoms with E-state index in [4.69, 9.17) is 10.5 Å². The molecular weight excluding hydrogens is 166 g/mol. The van der Waals surface area contributed by atoms with Gasteiger partial charge in [-0.3, -0.25) is 4.79 Å². The van der Waals surface area contributed by atoms with Crippen LogP contribution in [0.15, 0.2) is 12.2 Å². The summed E-state index contributed by atoms with van der Waals surface area (Å²) in [5, 5.41) is 0. The van der Waals surface area contributed by atoms with Gasteiger partial charge in [0.2, 0.25) is 0 Å². The second-order valence-corrected chi connectivity index (χ2v) is 3.80. The Balaban J connectivity index is 2.08. The predicted molar refractivity (Wildman–Crippen MR) is 48.8 cm³/mol. The third kappa shape index (κ3) is 1.27. The maximum atomic E-state index is 11.5. The molecule has 0 radical (unpaired) electrons. The molecule has 0 spiro atoms. The van der Waals surface area contributed by atoms with Crippen molar-refractivity contribution in [3.05, 3.63) is 12.2 Å². The Bertz CT molecular complexity index is 249. The highest BCUT2D eigenvalue weighted by atomic mass is 16.5. The molecule has 0 aromatic carbocycles. The number of ether oxygens (including phenoxy) is 1. The molecule has 13 heavy (non-hydrogen) atoms. The van der Waals surface area contributed by atoms with Gasteiger partial charge in [0.25, 0.3) is 0 Å². The van der Waals surface area contributed by atoms with Crippen LogP contribution in [0.5, 0.6) is 0 Å². The average molecular weight is 181 g/mol. The normalized spacial score (nSPS) is 41.1. The number of allylic oxidation sites excluding steroid dienone is 1. The zero-order valence-electron chi connectivity index (χ0n) is 7.77. The van der Waals surface area contributed by atoms with E-state index in [1.54, 1.807) is 0 Å². The van der Waals surface area contributed by atoms with Gasteiger partial charge in [-0.15, -0.1) is 0 Å². The summed E-state index contributed by atoms with van der Waals surface area (Å²) < 4.78 is 5.00. The van der Waals surface area contributed by atoms with Crippen LogP contribution in [0.3, 0.4) is 0 Å². The molecule has 2 aliphatic rings. The Labute approximate surface area is 77.9 Å². The highest BCUT2D eigenvalue weighted by molar-refractivity contribution is 5.75. The van der Waals surface area contributed by atoms with E-state index in [1.165, 1.54) is 0 Å². The van der Waals surface area contributed by atoms with E-state index in [0.29, 0.717) is 18.4 Å². The lowest BCUT2D eigenvalue weighted by atomic mass is 9.90. The molecule has 3 nitrogen and oxygen atoms in total. The standard InChI is InChI=1S/C10H15NO2/c1-2-13-10(12)8-6-3-4-7(5-6)9(8)11/h3-4,6-9H,2,5,11H2,1H3/t6-,7-,8+,9+/m1/s1. The van der Waals surface area contributed by atoms with Gasteiger partial charge in [-0.25, -0.2) is 0 Å². The Morgan fingerprint density at radius 2 is 2.23 bits per heavy atom. The summed E-state index contributed by atoms with van der Waals surface area (Å²) in [5.41, 5.74) is 5.94. The second-order valence-electron chi connectivity index (χ2n) is 3.80. The summed E-state index contributed by atoms with van der Waals surface area (Å²) in [6, 6.07) is -0.0194. The largest absolute Gasteiger partial charge is 0.466 e. The van der Waals surface area contributed by atoms with Gasteiger partial charge in [0, 0.05) is 6.04 Å². The van der Waals surface area contributed by atoms with Gasteiger partial charge in [0.05, 0.1) is 12.5 Å². The van der Waals surface area contributed by atoms with Crippen LogP contribution in [-0.2, 0) is 9.53 Å². The number of esters is 1. The molecule has 4 atom stereocenters. The SMILES string of the molecule is CCOC(=O)[C@@H]1[C@@H](N)[C@@H]2C=C[C@@H]1C2. The minimum atomic E-state index is -0.119. The molecule has 0 heterocycles. The van der Waals surface area contributed by atoms with Crippen molar-refractivity contribution >= 4 is 5.97 Å². The van der Waals surface area contributed by atoms with Crippen LogP contribution in [0.1, 0.15) is 13.3 Å². The van der Waals surface area contributed by atoms with Gasteiger partial charge in [-0.2, -0.15) is 0 Å². The van der Waals surface area contributed by atoms with Crippen LogP contribution in [-0.4, -0.2) is 18.6 Å². The van der Waals surface area contributed by atoms with Crippen molar-refractivity contribution in [2.45, 2.75) is 19.4 Å². The molecule has 2 aliphatic carbocycles. The zero-order valence-corrected chi connectivity index (χ0v) is 7.77. The molecule has 1 saturated carbocycles. The lowest BCUT2D eigenvalue weighted by Crippen LogP contribution is -2.39. The van der Waals surface area contributed by atoms with Crippen LogP contribution in [0, 0.1) is 17.8 Å². The summed E-state index contributed by atoms with van der Waals surface area (Å²) in [5.74, 6) is 0.528. The molecule has 0 aliphatic heterocycles. The maximum Gasteiger partial charge on any atom is 0.311 e. The smallest absolute Gasteiger partial charge is 0.311 e. The molecule has 0 aromatic heterocycles. The molecule has 0 amide bonds. The monoisotopic (exact) mass is 181 g/mol. The number of carbonyl (C=O) groups is 1. The van der Waals surface area contributed by atoms with Crippen molar-refractivity contribution in [3.8, 4) is 0 Å². The molecule has 0 saturated heterocycles. The number of fused-ring (bicyclic) bond motifs is 2. The van der Waals surface area contributed by atoms with E-state index >= 15 is 0 Å². The van der Waals surface area contributed by atoms with E-state index in [9.17, 15) is 4.79 Å². The Hall–Kier alpha value is -0.830. The van der Waals surface area contributed by atoms with Crippen molar-refractivity contribution < 1.29 is 9.53 Å². The lowest BCUT2D eigenvalue weighted by molar-refractivity contribution is -0.149. The Morgan fingerprint density at radius 3 is 2.77 bits per heavy atom. The first-order chi connectivity index (χ1) is 6.24. The molecule has 1 fully saturated rings. The lowest BCUT2D eigenvalue weighted by Gasteiger charge is -2.22. The molecular formula is C10H15NO2. The molecule has 3 heteroatoms. The fraction of sp³-hybridized carbons (Fsp3) is 0.700. The topological polar surface area (TPSA) is 52.3 Å². The van der Waals surface area contributed by atoms with Gasteiger partial charge in [0.15, 0.2) is 0 Å². The molecule has 2 rings (SSSR count). The average Bonchev–Trinajstić information content (AvgIpc) is 2.63. The van der Waals surface area contributed by atoms with Crippen molar-refractivity contribution in [2.24, 2.45) is 23.5 Å². The first kappa shape index (κ1) is 8.75. The fourth-order valence-corrected chi connectivity index (χ4v) is 2.43. The first-order valence-corrected chi connectivity index (χ1v) is 4.84. The number of nitrogens with two attached hydrogens (primary N) is 1. The third-order valence-corrected chi connectivity index (χ3v) is 3.08. The summed E-state index contributed by atoms with van der Waals surface area (Å²) in [7, 11) is 0. The Kier molecular flexibility index (Phi) is 2.12.